The van der Waals surface area contributed by atoms with Crippen molar-refractivity contribution in [3.05, 3.63) is 20.2 Å². The lowest BCUT2D eigenvalue weighted by molar-refractivity contribution is -0.121. The molecule has 0 radical (unpaired) electrons. The van der Waals surface area contributed by atoms with Crippen LogP contribution in [0.15, 0.2) is 4.79 Å². The van der Waals surface area contributed by atoms with Crippen molar-refractivity contribution in [1.82, 2.24) is 15.2 Å². The van der Waals surface area contributed by atoms with Crippen LogP contribution in [-0.4, -0.2) is 30.6 Å². The molecule has 0 bridgehead atoms. The Hall–Kier alpha value is -1.14. The van der Waals surface area contributed by atoms with Crippen LogP contribution in [0.2, 0.25) is 0 Å². The van der Waals surface area contributed by atoms with Crippen molar-refractivity contribution in [2.24, 2.45) is 0 Å². The third kappa shape index (κ3) is 4.27. The zero-order chi connectivity index (χ0) is 13.5. The molecule has 6 heteroatoms. The molecular weight excluding hydrogens is 250 g/mol. The van der Waals surface area contributed by atoms with E-state index in [1.165, 1.54) is 11.3 Å². The first-order chi connectivity index (χ1) is 8.56. The van der Waals surface area contributed by atoms with Gasteiger partial charge in [-0.2, -0.15) is 0 Å². The summed E-state index contributed by atoms with van der Waals surface area (Å²) in [5.74, 6) is 0.00116. The van der Waals surface area contributed by atoms with Crippen molar-refractivity contribution in [2.45, 2.75) is 33.2 Å². The van der Waals surface area contributed by atoms with E-state index in [9.17, 15) is 9.59 Å². The lowest BCUT2D eigenvalue weighted by atomic mass is 10.3. The van der Waals surface area contributed by atoms with Crippen LogP contribution >= 0.6 is 11.3 Å². The van der Waals surface area contributed by atoms with E-state index >= 15 is 0 Å². The fourth-order valence-electron chi connectivity index (χ4n) is 1.64. The Labute approximate surface area is 111 Å². The normalized spacial score (nSPS) is 10.6. The zero-order valence-electron chi connectivity index (χ0n) is 11.2. The predicted octanol–water partition coefficient (Wildman–Crippen LogP) is 0.642. The number of carbonyl (C=O) groups is 1. The van der Waals surface area contributed by atoms with E-state index in [4.69, 9.17) is 0 Å². The summed E-state index contributed by atoms with van der Waals surface area (Å²) in [5, 5.41) is 5.86. The van der Waals surface area contributed by atoms with Gasteiger partial charge in [0.15, 0.2) is 0 Å². The molecule has 0 spiro atoms. The van der Waals surface area contributed by atoms with Gasteiger partial charge in [0.2, 0.25) is 5.91 Å². The second-order valence-corrected chi connectivity index (χ2v) is 5.38. The highest BCUT2D eigenvalue weighted by Crippen LogP contribution is 2.09. The summed E-state index contributed by atoms with van der Waals surface area (Å²) in [4.78, 5) is 24.2. The molecule has 5 nitrogen and oxygen atoms in total. The van der Waals surface area contributed by atoms with Gasteiger partial charge >= 0.3 is 4.87 Å². The van der Waals surface area contributed by atoms with Gasteiger partial charge in [-0.3, -0.25) is 9.59 Å². The Morgan fingerprint density at radius 1 is 1.33 bits per heavy atom. The van der Waals surface area contributed by atoms with Crippen molar-refractivity contribution >= 4 is 17.2 Å². The maximum atomic E-state index is 11.6. The van der Waals surface area contributed by atoms with Gasteiger partial charge in [-0.25, -0.2) is 0 Å². The van der Waals surface area contributed by atoms with Gasteiger partial charge in [0.25, 0.3) is 0 Å². The maximum Gasteiger partial charge on any atom is 0.307 e. The smallest absolute Gasteiger partial charge is 0.307 e. The number of nitrogens with one attached hydrogen (secondary N) is 2. The van der Waals surface area contributed by atoms with Gasteiger partial charge in [-0.15, -0.1) is 0 Å². The van der Waals surface area contributed by atoms with Crippen LogP contribution in [0.5, 0.6) is 0 Å². The van der Waals surface area contributed by atoms with Gasteiger partial charge in [-0.1, -0.05) is 11.3 Å². The second kappa shape index (κ2) is 7.33. The minimum absolute atomic E-state index is 0.00116. The van der Waals surface area contributed by atoms with E-state index in [1.807, 2.05) is 20.9 Å². The van der Waals surface area contributed by atoms with Crippen LogP contribution in [-0.2, 0) is 11.3 Å². The molecule has 1 heterocycles. The molecule has 2 N–H and O–H groups in total. The lowest BCUT2D eigenvalue weighted by Gasteiger charge is -2.06. The van der Waals surface area contributed by atoms with Gasteiger partial charge in [-0.05, 0) is 33.9 Å². The average molecular weight is 271 g/mol. The third-order valence-corrected chi connectivity index (χ3v) is 3.86. The number of hydrogen-bond acceptors (Lipinski definition) is 4. The number of thiazole rings is 1. The number of hydrogen-bond donors (Lipinski definition) is 2. The molecule has 0 saturated heterocycles. The third-order valence-electron chi connectivity index (χ3n) is 2.86. The highest BCUT2D eigenvalue weighted by Gasteiger charge is 2.09. The van der Waals surface area contributed by atoms with Crippen LogP contribution in [0.3, 0.4) is 0 Å². The van der Waals surface area contributed by atoms with Crippen molar-refractivity contribution in [1.29, 1.82) is 0 Å². The maximum absolute atomic E-state index is 11.6. The standard InChI is InChI=1S/C12H21N3O2S/c1-9-10(2)18-12(17)15(9)8-5-11(16)14-7-4-6-13-3/h13H,4-8H2,1-3H3,(H,14,16). The second-order valence-electron chi connectivity index (χ2n) is 4.22. The first kappa shape index (κ1) is 14.9. The molecule has 0 aromatic carbocycles. The topological polar surface area (TPSA) is 63.1 Å². The zero-order valence-corrected chi connectivity index (χ0v) is 12.0. The first-order valence-electron chi connectivity index (χ1n) is 6.14. The molecule has 102 valence electrons. The number of aromatic nitrogens is 1. The number of carbonyl (C=O) groups excluding carboxylic acids is 1. The van der Waals surface area contributed by atoms with Crippen molar-refractivity contribution in [3.8, 4) is 0 Å². The lowest BCUT2D eigenvalue weighted by Crippen LogP contribution is -2.28. The van der Waals surface area contributed by atoms with Crippen LogP contribution in [0.4, 0.5) is 0 Å². The monoisotopic (exact) mass is 271 g/mol. The fraction of sp³-hybridized carbons (Fsp3) is 0.667. The quantitative estimate of drug-likeness (QED) is 0.716. The Kier molecular flexibility index (Phi) is 6.07. The Morgan fingerprint density at radius 3 is 2.61 bits per heavy atom. The van der Waals surface area contributed by atoms with Crippen LogP contribution in [0.1, 0.15) is 23.4 Å². The Morgan fingerprint density at radius 2 is 2.06 bits per heavy atom. The van der Waals surface area contributed by atoms with Crippen LogP contribution in [0, 0.1) is 13.8 Å². The Balaban J connectivity index is 2.36. The van der Waals surface area contributed by atoms with E-state index < -0.39 is 0 Å². The van der Waals surface area contributed by atoms with E-state index in [-0.39, 0.29) is 10.8 Å². The molecule has 0 aliphatic rings. The van der Waals surface area contributed by atoms with Crippen LogP contribution in [0.25, 0.3) is 0 Å². The summed E-state index contributed by atoms with van der Waals surface area (Å²) in [7, 11) is 1.88. The minimum atomic E-state index is 0.00116. The molecule has 0 aliphatic carbocycles. The number of amides is 1. The minimum Gasteiger partial charge on any atom is -0.356 e. The summed E-state index contributed by atoms with van der Waals surface area (Å²) in [6, 6.07) is 0. The summed E-state index contributed by atoms with van der Waals surface area (Å²) in [6.45, 7) is 5.87. The largest absolute Gasteiger partial charge is 0.356 e. The average Bonchev–Trinajstić information content (AvgIpc) is 2.57. The van der Waals surface area contributed by atoms with E-state index in [1.54, 1.807) is 4.57 Å². The summed E-state index contributed by atoms with van der Waals surface area (Å²) in [6.07, 6.45) is 1.27. The van der Waals surface area contributed by atoms with Crippen LogP contribution < -0.4 is 15.5 Å². The molecule has 18 heavy (non-hydrogen) atoms. The molecule has 0 fully saturated rings. The van der Waals surface area contributed by atoms with Crippen molar-refractivity contribution in [3.63, 3.8) is 0 Å². The summed E-state index contributed by atoms with van der Waals surface area (Å²) < 4.78 is 1.67. The number of aryl methyl sites for hydroxylation is 1. The van der Waals surface area contributed by atoms with E-state index in [0.717, 1.165) is 23.5 Å². The molecule has 0 atom stereocenters. The van der Waals surface area contributed by atoms with E-state index in [2.05, 4.69) is 10.6 Å². The van der Waals surface area contributed by atoms with E-state index in [0.29, 0.717) is 19.5 Å². The number of rotatable bonds is 7. The SMILES string of the molecule is CNCCCNC(=O)CCn1c(C)c(C)sc1=O. The first-order valence-corrected chi connectivity index (χ1v) is 6.96. The fourth-order valence-corrected chi connectivity index (χ4v) is 2.50. The molecule has 1 aromatic rings. The summed E-state index contributed by atoms with van der Waals surface area (Å²) >= 11 is 1.24. The highest BCUT2D eigenvalue weighted by molar-refractivity contribution is 7.09. The molecule has 1 amide bonds. The molecular formula is C12H21N3O2S. The molecule has 1 aromatic heterocycles. The number of nitrogens with zero attached hydrogens (tertiary/aromatic N) is 1. The highest BCUT2D eigenvalue weighted by atomic mass is 32.1. The molecule has 0 unspecified atom stereocenters. The molecule has 0 saturated carbocycles. The molecule has 0 aliphatic heterocycles. The Bertz CT molecular complexity index is 451. The van der Waals surface area contributed by atoms with Gasteiger partial charge in [0.05, 0.1) is 0 Å². The van der Waals surface area contributed by atoms with Crippen molar-refractivity contribution in [2.75, 3.05) is 20.1 Å². The summed E-state index contributed by atoms with van der Waals surface area (Å²) in [5.41, 5.74) is 0.966. The van der Waals surface area contributed by atoms with Crippen molar-refractivity contribution < 1.29 is 4.79 Å². The van der Waals surface area contributed by atoms with Gasteiger partial charge in [0, 0.05) is 30.1 Å². The molecule has 1 rings (SSSR count). The predicted molar refractivity (Wildman–Crippen MR) is 74.2 cm³/mol. The van der Waals surface area contributed by atoms with Gasteiger partial charge in [0.1, 0.15) is 0 Å². The van der Waals surface area contributed by atoms with Gasteiger partial charge < -0.3 is 15.2 Å².